The third-order valence-electron chi connectivity index (χ3n) is 3.78. The van der Waals surface area contributed by atoms with E-state index in [1.807, 2.05) is 7.05 Å². The Labute approximate surface area is 99.9 Å². The fourth-order valence-electron chi connectivity index (χ4n) is 2.86. The van der Waals surface area contributed by atoms with Crippen LogP contribution in [0.3, 0.4) is 0 Å². The summed E-state index contributed by atoms with van der Waals surface area (Å²) in [5.74, 6) is 0. The van der Waals surface area contributed by atoms with E-state index in [2.05, 4.69) is 10.2 Å². The van der Waals surface area contributed by atoms with E-state index in [0.29, 0.717) is 13.1 Å². The van der Waals surface area contributed by atoms with Crippen molar-refractivity contribution in [3.8, 4) is 0 Å². The molecule has 0 aromatic heterocycles. The molecule has 0 radical (unpaired) electrons. The zero-order valence-electron chi connectivity index (χ0n) is 10.1. The Bertz CT molecular complexity index is 257. The van der Waals surface area contributed by atoms with Gasteiger partial charge in [-0.25, -0.2) is 0 Å². The SMILES string of the molecule is CN1CCCCC1N1CCNCC1C(F)(F)F. The summed E-state index contributed by atoms with van der Waals surface area (Å²) in [6.07, 6.45) is -1.20. The number of halogens is 3. The predicted octanol–water partition coefficient (Wildman–Crippen LogP) is 1.26. The van der Waals surface area contributed by atoms with Crippen molar-refractivity contribution in [1.29, 1.82) is 0 Å². The highest BCUT2D eigenvalue weighted by Gasteiger charge is 2.47. The minimum atomic E-state index is -4.13. The molecule has 2 aliphatic heterocycles. The highest BCUT2D eigenvalue weighted by molar-refractivity contribution is 4.90. The van der Waals surface area contributed by atoms with Gasteiger partial charge in [-0.1, -0.05) is 0 Å². The molecule has 0 spiro atoms. The standard InChI is InChI=1S/C11H20F3N3/c1-16-6-3-2-4-10(16)17-7-5-15-8-9(17)11(12,13)14/h9-10,15H,2-8H2,1H3. The second-order valence-electron chi connectivity index (χ2n) is 4.96. The lowest BCUT2D eigenvalue weighted by Gasteiger charge is -2.47. The molecule has 2 saturated heterocycles. The smallest absolute Gasteiger partial charge is 0.314 e. The molecule has 2 rings (SSSR count). The van der Waals surface area contributed by atoms with Crippen molar-refractivity contribution in [3.63, 3.8) is 0 Å². The molecule has 0 aromatic rings. The number of rotatable bonds is 1. The van der Waals surface area contributed by atoms with Gasteiger partial charge in [-0.05, 0) is 32.9 Å². The molecule has 2 fully saturated rings. The lowest BCUT2D eigenvalue weighted by molar-refractivity contribution is -0.203. The summed E-state index contributed by atoms with van der Waals surface area (Å²) in [6.45, 7) is 2.06. The lowest BCUT2D eigenvalue weighted by Crippen LogP contribution is -2.64. The van der Waals surface area contributed by atoms with Crippen LogP contribution in [0.2, 0.25) is 0 Å². The third kappa shape index (κ3) is 2.92. The Morgan fingerprint density at radius 2 is 1.94 bits per heavy atom. The van der Waals surface area contributed by atoms with Gasteiger partial charge < -0.3 is 5.32 Å². The molecule has 1 N–H and O–H groups in total. The van der Waals surface area contributed by atoms with Crippen molar-refractivity contribution in [2.24, 2.45) is 0 Å². The van der Waals surface area contributed by atoms with E-state index in [1.54, 1.807) is 4.90 Å². The highest BCUT2D eigenvalue weighted by atomic mass is 19.4. The molecular formula is C11H20F3N3. The maximum atomic E-state index is 13.0. The number of likely N-dealkylation sites (tertiary alicyclic amines) is 1. The fourth-order valence-corrected chi connectivity index (χ4v) is 2.86. The van der Waals surface area contributed by atoms with Crippen molar-refractivity contribution in [3.05, 3.63) is 0 Å². The quantitative estimate of drug-likeness (QED) is 0.757. The first-order chi connectivity index (χ1) is 8.00. The van der Waals surface area contributed by atoms with Crippen LogP contribution in [0.1, 0.15) is 19.3 Å². The molecule has 100 valence electrons. The monoisotopic (exact) mass is 251 g/mol. The molecule has 2 heterocycles. The molecule has 17 heavy (non-hydrogen) atoms. The normalized spacial score (nSPS) is 33.9. The Morgan fingerprint density at radius 3 is 2.59 bits per heavy atom. The second kappa shape index (κ2) is 5.12. The van der Waals surface area contributed by atoms with Crippen LogP contribution in [-0.2, 0) is 0 Å². The van der Waals surface area contributed by atoms with Gasteiger partial charge in [0.2, 0.25) is 0 Å². The topological polar surface area (TPSA) is 18.5 Å². The molecular weight excluding hydrogens is 231 g/mol. The average Bonchev–Trinajstić information content (AvgIpc) is 2.28. The van der Waals surface area contributed by atoms with Gasteiger partial charge >= 0.3 is 6.18 Å². The Kier molecular flexibility index (Phi) is 3.95. The first kappa shape index (κ1) is 13.1. The van der Waals surface area contributed by atoms with Crippen LogP contribution in [0, 0.1) is 0 Å². The Morgan fingerprint density at radius 1 is 1.18 bits per heavy atom. The molecule has 2 atom stereocenters. The molecule has 2 aliphatic rings. The van der Waals surface area contributed by atoms with E-state index in [0.717, 1.165) is 25.8 Å². The van der Waals surface area contributed by atoms with Crippen molar-refractivity contribution in [2.75, 3.05) is 33.2 Å². The number of hydrogen-bond acceptors (Lipinski definition) is 3. The molecule has 0 amide bonds. The van der Waals surface area contributed by atoms with Gasteiger partial charge in [-0.3, -0.25) is 9.80 Å². The van der Waals surface area contributed by atoms with E-state index < -0.39 is 12.2 Å². The summed E-state index contributed by atoms with van der Waals surface area (Å²) in [6, 6.07) is -1.33. The van der Waals surface area contributed by atoms with Gasteiger partial charge in [0, 0.05) is 19.6 Å². The van der Waals surface area contributed by atoms with E-state index in [9.17, 15) is 13.2 Å². The highest BCUT2D eigenvalue weighted by Crippen LogP contribution is 2.30. The van der Waals surface area contributed by atoms with Crippen LogP contribution >= 0.6 is 0 Å². The van der Waals surface area contributed by atoms with Gasteiger partial charge in [-0.15, -0.1) is 0 Å². The zero-order valence-corrected chi connectivity index (χ0v) is 10.1. The van der Waals surface area contributed by atoms with Crippen LogP contribution in [0.25, 0.3) is 0 Å². The summed E-state index contributed by atoms with van der Waals surface area (Å²) in [4.78, 5) is 3.70. The molecule has 0 saturated carbocycles. The van der Waals surface area contributed by atoms with Crippen molar-refractivity contribution < 1.29 is 13.2 Å². The van der Waals surface area contributed by atoms with Gasteiger partial charge in [0.1, 0.15) is 6.04 Å². The molecule has 0 aliphatic carbocycles. The number of hydrogen-bond donors (Lipinski definition) is 1. The van der Waals surface area contributed by atoms with Crippen LogP contribution in [-0.4, -0.2) is 61.4 Å². The van der Waals surface area contributed by atoms with E-state index in [-0.39, 0.29) is 12.7 Å². The van der Waals surface area contributed by atoms with Crippen molar-refractivity contribution >= 4 is 0 Å². The Hall–Kier alpha value is -0.330. The molecule has 3 nitrogen and oxygen atoms in total. The van der Waals surface area contributed by atoms with Crippen molar-refractivity contribution in [2.45, 2.75) is 37.6 Å². The number of nitrogens with one attached hydrogen (secondary N) is 1. The summed E-state index contributed by atoms with van der Waals surface area (Å²) in [7, 11) is 1.93. The van der Waals surface area contributed by atoms with E-state index in [1.165, 1.54) is 0 Å². The van der Waals surface area contributed by atoms with Gasteiger partial charge in [-0.2, -0.15) is 13.2 Å². The summed E-state index contributed by atoms with van der Waals surface area (Å²) < 4.78 is 38.9. The van der Waals surface area contributed by atoms with E-state index in [4.69, 9.17) is 0 Å². The summed E-state index contributed by atoms with van der Waals surface area (Å²) in [5.41, 5.74) is 0. The predicted molar refractivity (Wildman–Crippen MR) is 59.7 cm³/mol. The minimum Gasteiger partial charge on any atom is -0.314 e. The average molecular weight is 251 g/mol. The van der Waals surface area contributed by atoms with Gasteiger partial charge in [0.05, 0.1) is 6.17 Å². The van der Waals surface area contributed by atoms with E-state index >= 15 is 0 Å². The molecule has 0 bridgehead atoms. The number of piperidine rings is 1. The molecule has 2 unspecified atom stereocenters. The van der Waals surface area contributed by atoms with Crippen LogP contribution in [0.5, 0.6) is 0 Å². The largest absolute Gasteiger partial charge is 0.405 e. The number of piperazine rings is 1. The maximum absolute atomic E-state index is 13.0. The zero-order chi connectivity index (χ0) is 12.5. The lowest BCUT2D eigenvalue weighted by atomic mass is 10.0. The molecule has 0 aromatic carbocycles. The van der Waals surface area contributed by atoms with Crippen LogP contribution < -0.4 is 5.32 Å². The number of alkyl halides is 3. The minimum absolute atomic E-state index is 0.0217. The first-order valence-electron chi connectivity index (χ1n) is 6.23. The maximum Gasteiger partial charge on any atom is 0.405 e. The van der Waals surface area contributed by atoms with Gasteiger partial charge in [0.25, 0.3) is 0 Å². The third-order valence-corrected chi connectivity index (χ3v) is 3.78. The second-order valence-corrected chi connectivity index (χ2v) is 4.96. The first-order valence-corrected chi connectivity index (χ1v) is 6.23. The summed E-state index contributed by atoms with van der Waals surface area (Å²) in [5, 5.41) is 2.85. The fraction of sp³-hybridized carbons (Fsp3) is 1.00. The summed E-state index contributed by atoms with van der Waals surface area (Å²) >= 11 is 0. The van der Waals surface area contributed by atoms with Gasteiger partial charge in [0.15, 0.2) is 0 Å². The number of nitrogens with zero attached hydrogens (tertiary/aromatic N) is 2. The molecule has 6 heteroatoms. The van der Waals surface area contributed by atoms with Crippen molar-refractivity contribution in [1.82, 2.24) is 15.1 Å². The Balaban J connectivity index is 2.10. The van der Waals surface area contributed by atoms with Crippen LogP contribution in [0.15, 0.2) is 0 Å². The van der Waals surface area contributed by atoms with Crippen LogP contribution in [0.4, 0.5) is 13.2 Å².